The van der Waals surface area contributed by atoms with Gasteiger partial charge < -0.3 is 10.2 Å². The third kappa shape index (κ3) is 5.43. The Balaban J connectivity index is 2.50. The van der Waals surface area contributed by atoms with Crippen LogP contribution < -0.4 is 5.32 Å². The van der Waals surface area contributed by atoms with Gasteiger partial charge in [-0.15, -0.1) is 0 Å². The standard InChI is InChI=1S/C17H36N2/c1-5-9-16-10-8-12-19(13-11-16)15-17(6-2,7-3)14-18-4/h16,18H,5-15H2,1-4H3. The molecule has 1 aliphatic heterocycles. The van der Waals surface area contributed by atoms with E-state index in [4.69, 9.17) is 0 Å². The van der Waals surface area contributed by atoms with Crippen LogP contribution in [0.2, 0.25) is 0 Å². The first kappa shape index (κ1) is 17.0. The van der Waals surface area contributed by atoms with Gasteiger partial charge in [0.15, 0.2) is 0 Å². The lowest BCUT2D eigenvalue weighted by molar-refractivity contribution is 0.138. The van der Waals surface area contributed by atoms with Gasteiger partial charge in [0.2, 0.25) is 0 Å². The van der Waals surface area contributed by atoms with Crippen LogP contribution in [0.25, 0.3) is 0 Å². The largest absolute Gasteiger partial charge is 0.319 e. The quantitative estimate of drug-likeness (QED) is 0.718. The first-order chi connectivity index (χ1) is 9.19. The van der Waals surface area contributed by atoms with Crippen molar-refractivity contribution in [2.45, 2.75) is 65.7 Å². The molecule has 0 saturated carbocycles. The van der Waals surface area contributed by atoms with Crippen LogP contribution in [0.4, 0.5) is 0 Å². The van der Waals surface area contributed by atoms with Crippen LogP contribution in [-0.2, 0) is 0 Å². The van der Waals surface area contributed by atoms with E-state index in [1.165, 1.54) is 64.6 Å². The Morgan fingerprint density at radius 3 is 2.42 bits per heavy atom. The highest BCUT2D eigenvalue weighted by molar-refractivity contribution is 4.83. The van der Waals surface area contributed by atoms with Crippen LogP contribution in [0.15, 0.2) is 0 Å². The molecule has 0 spiro atoms. The summed E-state index contributed by atoms with van der Waals surface area (Å²) in [5, 5.41) is 3.42. The molecule has 1 heterocycles. The van der Waals surface area contributed by atoms with E-state index in [9.17, 15) is 0 Å². The van der Waals surface area contributed by atoms with Crippen molar-refractivity contribution in [3.8, 4) is 0 Å². The Morgan fingerprint density at radius 1 is 1.11 bits per heavy atom. The molecule has 2 nitrogen and oxygen atoms in total. The van der Waals surface area contributed by atoms with E-state index in [0.29, 0.717) is 5.41 Å². The summed E-state index contributed by atoms with van der Waals surface area (Å²) in [5.41, 5.74) is 0.485. The fraction of sp³-hybridized carbons (Fsp3) is 1.00. The Hall–Kier alpha value is -0.0800. The first-order valence-corrected chi connectivity index (χ1v) is 8.56. The van der Waals surface area contributed by atoms with Gasteiger partial charge in [-0.05, 0) is 63.6 Å². The molecule has 1 rings (SSSR count). The molecule has 19 heavy (non-hydrogen) atoms. The first-order valence-electron chi connectivity index (χ1n) is 8.56. The third-order valence-electron chi connectivity index (χ3n) is 5.25. The summed E-state index contributed by atoms with van der Waals surface area (Å²) in [6.07, 6.45) is 9.68. The van der Waals surface area contributed by atoms with Crippen LogP contribution in [0.3, 0.4) is 0 Å². The monoisotopic (exact) mass is 268 g/mol. The second-order valence-corrected chi connectivity index (χ2v) is 6.60. The lowest BCUT2D eigenvalue weighted by Gasteiger charge is -2.37. The zero-order chi connectivity index (χ0) is 14.1. The molecule has 1 N–H and O–H groups in total. The second kappa shape index (κ2) is 8.97. The maximum Gasteiger partial charge on any atom is 0.00499 e. The number of hydrogen-bond donors (Lipinski definition) is 1. The predicted octanol–water partition coefficient (Wildman–Crippen LogP) is 3.91. The maximum atomic E-state index is 3.42. The van der Waals surface area contributed by atoms with Crippen molar-refractivity contribution in [3.63, 3.8) is 0 Å². The van der Waals surface area contributed by atoms with Gasteiger partial charge in [0, 0.05) is 13.1 Å². The van der Waals surface area contributed by atoms with E-state index >= 15 is 0 Å². The number of nitrogens with one attached hydrogen (secondary N) is 1. The van der Waals surface area contributed by atoms with Gasteiger partial charge in [0.05, 0.1) is 0 Å². The maximum absolute atomic E-state index is 3.42. The molecule has 114 valence electrons. The minimum absolute atomic E-state index is 0.485. The van der Waals surface area contributed by atoms with Crippen LogP contribution in [0.1, 0.15) is 65.7 Å². The summed E-state index contributed by atoms with van der Waals surface area (Å²) in [4.78, 5) is 2.75. The average molecular weight is 268 g/mol. The van der Waals surface area contributed by atoms with Gasteiger partial charge in [0.25, 0.3) is 0 Å². The van der Waals surface area contributed by atoms with Crippen LogP contribution in [-0.4, -0.2) is 38.1 Å². The van der Waals surface area contributed by atoms with Crippen LogP contribution in [0, 0.1) is 11.3 Å². The SMILES string of the molecule is CCCC1CCCN(CC(CC)(CC)CNC)CC1. The lowest BCUT2D eigenvalue weighted by atomic mass is 9.81. The molecular formula is C17H36N2. The van der Waals surface area contributed by atoms with E-state index in [1.54, 1.807) is 0 Å². The van der Waals surface area contributed by atoms with E-state index in [-0.39, 0.29) is 0 Å². The van der Waals surface area contributed by atoms with Gasteiger partial charge in [-0.3, -0.25) is 0 Å². The third-order valence-corrected chi connectivity index (χ3v) is 5.25. The summed E-state index contributed by atoms with van der Waals surface area (Å²) in [7, 11) is 2.10. The fourth-order valence-corrected chi connectivity index (χ4v) is 3.71. The number of hydrogen-bond acceptors (Lipinski definition) is 2. The van der Waals surface area contributed by atoms with E-state index < -0.39 is 0 Å². The van der Waals surface area contributed by atoms with Gasteiger partial charge in [-0.2, -0.15) is 0 Å². The molecule has 0 aromatic carbocycles. The molecule has 0 radical (unpaired) electrons. The second-order valence-electron chi connectivity index (χ2n) is 6.60. The number of likely N-dealkylation sites (tertiary alicyclic amines) is 1. The van der Waals surface area contributed by atoms with Gasteiger partial charge in [-0.1, -0.05) is 33.6 Å². The summed E-state index contributed by atoms with van der Waals surface area (Å²) >= 11 is 0. The molecule has 0 bridgehead atoms. The lowest BCUT2D eigenvalue weighted by Crippen LogP contribution is -2.43. The van der Waals surface area contributed by atoms with Crippen LogP contribution in [0.5, 0.6) is 0 Å². The predicted molar refractivity (Wildman–Crippen MR) is 85.6 cm³/mol. The van der Waals surface area contributed by atoms with E-state index in [1.807, 2.05) is 0 Å². The minimum atomic E-state index is 0.485. The van der Waals surface area contributed by atoms with Crippen LogP contribution >= 0.6 is 0 Å². The van der Waals surface area contributed by atoms with Crippen molar-refractivity contribution < 1.29 is 0 Å². The van der Waals surface area contributed by atoms with Crippen molar-refractivity contribution in [3.05, 3.63) is 0 Å². The molecule has 1 fully saturated rings. The Kier molecular flexibility index (Phi) is 8.01. The molecule has 0 aromatic heterocycles. The molecule has 2 heteroatoms. The molecule has 1 unspecified atom stereocenters. The van der Waals surface area contributed by atoms with Gasteiger partial charge in [-0.25, -0.2) is 0 Å². The number of nitrogens with zero attached hydrogens (tertiary/aromatic N) is 1. The highest BCUT2D eigenvalue weighted by atomic mass is 15.1. The van der Waals surface area contributed by atoms with Crippen molar-refractivity contribution in [2.75, 3.05) is 33.2 Å². The Labute approximate surface area is 121 Å². The smallest absolute Gasteiger partial charge is 0.00499 e. The van der Waals surface area contributed by atoms with Crippen molar-refractivity contribution in [2.24, 2.45) is 11.3 Å². The zero-order valence-electron chi connectivity index (χ0n) is 13.8. The average Bonchev–Trinajstić information content (AvgIpc) is 2.64. The Morgan fingerprint density at radius 2 is 1.84 bits per heavy atom. The summed E-state index contributed by atoms with van der Waals surface area (Å²) in [6.45, 7) is 12.2. The van der Waals surface area contributed by atoms with Crippen molar-refractivity contribution in [1.82, 2.24) is 10.2 Å². The number of rotatable bonds is 8. The van der Waals surface area contributed by atoms with Crippen molar-refractivity contribution >= 4 is 0 Å². The molecule has 0 aliphatic carbocycles. The zero-order valence-corrected chi connectivity index (χ0v) is 13.8. The van der Waals surface area contributed by atoms with Gasteiger partial charge in [0.1, 0.15) is 0 Å². The molecular weight excluding hydrogens is 232 g/mol. The molecule has 0 aromatic rings. The van der Waals surface area contributed by atoms with Gasteiger partial charge >= 0.3 is 0 Å². The normalized spacial score (nSPS) is 22.4. The summed E-state index contributed by atoms with van der Waals surface area (Å²) < 4.78 is 0. The van der Waals surface area contributed by atoms with E-state index in [0.717, 1.165) is 12.5 Å². The fourth-order valence-electron chi connectivity index (χ4n) is 3.71. The van der Waals surface area contributed by atoms with E-state index in [2.05, 4.69) is 38.0 Å². The highest BCUT2D eigenvalue weighted by Crippen LogP contribution is 2.29. The highest BCUT2D eigenvalue weighted by Gasteiger charge is 2.29. The van der Waals surface area contributed by atoms with Crippen molar-refractivity contribution in [1.29, 1.82) is 0 Å². The molecule has 1 atom stereocenters. The topological polar surface area (TPSA) is 15.3 Å². The molecule has 1 aliphatic rings. The Bertz CT molecular complexity index is 223. The molecule has 0 amide bonds. The molecule has 1 saturated heterocycles. The summed E-state index contributed by atoms with van der Waals surface area (Å²) in [6, 6.07) is 0. The summed E-state index contributed by atoms with van der Waals surface area (Å²) in [5.74, 6) is 0.997. The minimum Gasteiger partial charge on any atom is -0.319 e.